The van der Waals surface area contributed by atoms with Crippen LogP contribution in [-0.4, -0.2) is 26.3 Å². The Morgan fingerprint density at radius 2 is 1.60 bits per heavy atom. The van der Waals surface area contributed by atoms with E-state index >= 15 is 0 Å². The third-order valence-corrected chi connectivity index (χ3v) is 4.72. The van der Waals surface area contributed by atoms with Crippen LogP contribution in [0.2, 0.25) is 0 Å². The van der Waals surface area contributed by atoms with Crippen LogP contribution in [0.5, 0.6) is 11.5 Å². The molecule has 25 heavy (non-hydrogen) atoms. The Kier molecular flexibility index (Phi) is 2.71. The summed E-state index contributed by atoms with van der Waals surface area (Å²) in [5.41, 5.74) is 6.01. The van der Waals surface area contributed by atoms with Crippen molar-refractivity contribution in [3.8, 4) is 28.3 Å². The molecule has 124 valence electrons. The molecule has 0 fully saturated rings. The van der Waals surface area contributed by atoms with Gasteiger partial charge in [0.2, 0.25) is 0 Å². The molecule has 2 aromatic heterocycles. The molecule has 0 aliphatic rings. The molecule has 0 saturated heterocycles. The molecular formula is C20H17N3O2. The molecule has 3 aromatic carbocycles. The summed E-state index contributed by atoms with van der Waals surface area (Å²) < 4.78 is 9.34. The minimum Gasteiger partial charge on any atom is -0.505 e. The minimum absolute atomic E-state index is 0.298. The Morgan fingerprint density at radius 1 is 0.840 bits per heavy atom. The summed E-state index contributed by atoms with van der Waals surface area (Å²) in [6.45, 7) is 1.93. The van der Waals surface area contributed by atoms with Crippen molar-refractivity contribution in [1.29, 1.82) is 0 Å². The van der Waals surface area contributed by atoms with Crippen LogP contribution in [0.4, 0.5) is 0 Å². The average molecular weight is 331 g/mol. The SMILES string of the molecule is COc1ccc2c(c1)n1n(-c3cc(-c4ccccc4)cc(C)c3O)n21. The van der Waals surface area contributed by atoms with E-state index in [1.54, 1.807) is 7.11 Å². The van der Waals surface area contributed by atoms with Gasteiger partial charge in [-0.1, -0.05) is 30.3 Å². The molecule has 2 heterocycles. The Morgan fingerprint density at radius 3 is 2.36 bits per heavy atom. The highest BCUT2D eigenvalue weighted by Crippen LogP contribution is 2.36. The molecule has 0 aliphatic carbocycles. The smallest absolute Gasteiger partial charge is 0.146 e. The molecule has 0 bridgehead atoms. The van der Waals surface area contributed by atoms with E-state index in [4.69, 9.17) is 4.74 Å². The molecule has 1 N–H and O–H groups in total. The lowest BCUT2D eigenvalue weighted by Crippen LogP contribution is -1.91. The van der Waals surface area contributed by atoms with E-state index in [-0.39, 0.29) is 0 Å². The van der Waals surface area contributed by atoms with Gasteiger partial charge in [-0.05, 0) is 47.9 Å². The van der Waals surface area contributed by atoms with Crippen molar-refractivity contribution in [2.24, 2.45) is 0 Å². The lowest BCUT2D eigenvalue weighted by Gasteiger charge is -2.08. The molecular weight excluding hydrogens is 314 g/mol. The van der Waals surface area contributed by atoms with Gasteiger partial charge >= 0.3 is 0 Å². The summed E-state index contributed by atoms with van der Waals surface area (Å²) in [5.74, 6) is 1.12. The van der Waals surface area contributed by atoms with Crippen molar-refractivity contribution in [2.45, 2.75) is 6.92 Å². The third-order valence-electron chi connectivity index (χ3n) is 4.72. The largest absolute Gasteiger partial charge is 0.505 e. The number of aromatic nitrogens is 3. The van der Waals surface area contributed by atoms with Crippen molar-refractivity contribution in [1.82, 2.24) is 14.1 Å². The lowest BCUT2D eigenvalue weighted by molar-refractivity contribution is 0.415. The summed E-state index contributed by atoms with van der Waals surface area (Å²) in [7, 11) is 1.66. The van der Waals surface area contributed by atoms with E-state index in [1.165, 1.54) is 0 Å². The topological polar surface area (TPSA) is 43.2 Å². The molecule has 5 nitrogen and oxygen atoms in total. The Labute approximate surface area is 144 Å². The third kappa shape index (κ3) is 1.89. The van der Waals surface area contributed by atoms with Crippen molar-refractivity contribution < 1.29 is 9.84 Å². The highest BCUT2D eigenvalue weighted by atomic mass is 16.5. The van der Waals surface area contributed by atoms with Crippen LogP contribution in [-0.2, 0) is 0 Å². The van der Waals surface area contributed by atoms with Gasteiger partial charge in [0, 0.05) is 6.07 Å². The van der Waals surface area contributed by atoms with E-state index in [1.807, 2.05) is 69.5 Å². The van der Waals surface area contributed by atoms with Crippen molar-refractivity contribution in [3.05, 3.63) is 66.2 Å². The second-order valence-corrected chi connectivity index (χ2v) is 6.25. The Hall–Kier alpha value is -3.34. The van der Waals surface area contributed by atoms with E-state index in [9.17, 15) is 5.11 Å². The zero-order valence-electron chi connectivity index (χ0n) is 14.0. The van der Waals surface area contributed by atoms with E-state index in [0.717, 1.165) is 39.2 Å². The summed E-state index contributed by atoms with van der Waals surface area (Å²) in [6.07, 6.45) is 0. The summed E-state index contributed by atoms with van der Waals surface area (Å²) in [4.78, 5) is 1.97. The first kappa shape index (κ1) is 14.0. The molecule has 5 heteroatoms. The standard InChI is InChI=1S/C20H17N3O2/c1-13-10-15(14-6-4-3-5-7-14)11-19(20(13)24)23-21-17-9-8-16(25-2)12-18(17)22(21)23/h3-12,24H,1-2H3. The number of rotatable bonds is 3. The van der Waals surface area contributed by atoms with Gasteiger partial charge in [0.15, 0.2) is 0 Å². The van der Waals surface area contributed by atoms with Crippen molar-refractivity contribution in [2.75, 3.05) is 7.11 Å². The zero-order chi connectivity index (χ0) is 17.1. The van der Waals surface area contributed by atoms with Crippen LogP contribution in [0.25, 0.3) is 27.8 Å². The number of benzene rings is 3. The molecule has 0 aliphatic heterocycles. The average Bonchev–Trinajstić information content (AvgIpc) is 3.31. The van der Waals surface area contributed by atoms with Gasteiger partial charge in [0.25, 0.3) is 0 Å². The highest BCUT2D eigenvalue weighted by molar-refractivity contribution is 5.82. The monoisotopic (exact) mass is 331 g/mol. The number of nitrogens with zero attached hydrogens (tertiary/aromatic N) is 3. The summed E-state index contributed by atoms with van der Waals surface area (Å²) in [6, 6.07) is 20.2. The van der Waals surface area contributed by atoms with Gasteiger partial charge in [-0.15, -0.1) is 14.1 Å². The van der Waals surface area contributed by atoms with Crippen LogP contribution in [0, 0.1) is 6.92 Å². The predicted octanol–water partition coefficient (Wildman–Crippen LogP) is 4.11. The minimum atomic E-state index is 0.298. The molecule has 0 amide bonds. The number of methoxy groups -OCH3 is 1. The van der Waals surface area contributed by atoms with Crippen LogP contribution in [0.15, 0.2) is 60.7 Å². The van der Waals surface area contributed by atoms with Gasteiger partial charge in [-0.25, -0.2) is 0 Å². The first-order valence-corrected chi connectivity index (χ1v) is 8.16. The maximum Gasteiger partial charge on any atom is 0.146 e. The molecule has 0 spiro atoms. The van der Waals surface area contributed by atoms with Crippen LogP contribution < -0.4 is 4.74 Å². The summed E-state index contributed by atoms with van der Waals surface area (Å²) in [5, 5.41) is 10.6. The van der Waals surface area contributed by atoms with Crippen LogP contribution >= 0.6 is 0 Å². The molecule has 0 radical (unpaired) electrons. The Balaban J connectivity index is 1.69. The fourth-order valence-corrected chi connectivity index (χ4v) is 3.36. The number of fused-ring (bicyclic) bond motifs is 4. The van der Waals surface area contributed by atoms with Crippen molar-refractivity contribution in [3.63, 3.8) is 0 Å². The van der Waals surface area contributed by atoms with Crippen molar-refractivity contribution >= 4 is 11.0 Å². The zero-order valence-corrected chi connectivity index (χ0v) is 14.0. The second kappa shape index (κ2) is 4.83. The maximum absolute atomic E-state index is 10.6. The number of hydrogen-bond acceptors (Lipinski definition) is 2. The normalized spacial score (nSPS) is 11.8. The van der Waals surface area contributed by atoms with E-state index < -0.39 is 0 Å². The number of ether oxygens (including phenoxy) is 1. The fourth-order valence-electron chi connectivity index (χ4n) is 3.36. The number of aromatic hydroxyl groups is 1. The predicted molar refractivity (Wildman–Crippen MR) is 97.3 cm³/mol. The second-order valence-electron chi connectivity index (χ2n) is 6.25. The Bertz CT molecular complexity index is 1190. The fraction of sp³-hybridized carbons (Fsp3) is 0.100. The van der Waals surface area contributed by atoms with Gasteiger partial charge < -0.3 is 9.84 Å². The molecule has 5 aromatic rings. The molecule has 0 atom stereocenters. The van der Waals surface area contributed by atoms with Crippen LogP contribution in [0.1, 0.15) is 5.56 Å². The molecule has 5 rings (SSSR count). The molecule has 0 saturated carbocycles. The first-order chi connectivity index (χ1) is 12.2. The lowest BCUT2D eigenvalue weighted by atomic mass is 10.0. The van der Waals surface area contributed by atoms with Gasteiger partial charge in [0.1, 0.15) is 28.2 Å². The molecule has 0 unspecified atom stereocenters. The number of hydrogen-bond donors (Lipinski definition) is 1. The van der Waals surface area contributed by atoms with Gasteiger partial charge in [-0.2, -0.15) is 0 Å². The number of phenolic OH excluding ortho intramolecular Hbond substituents is 1. The summed E-state index contributed by atoms with van der Waals surface area (Å²) >= 11 is 0. The highest BCUT2D eigenvalue weighted by Gasteiger charge is 2.27. The van der Waals surface area contributed by atoms with E-state index in [0.29, 0.717) is 5.75 Å². The first-order valence-electron chi connectivity index (χ1n) is 8.16. The van der Waals surface area contributed by atoms with Gasteiger partial charge in [0.05, 0.1) is 7.11 Å². The maximum atomic E-state index is 10.6. The number of phenols is 1. The quantitative estimate of drug-likeness (QED) is 0.541. The van der Waals surface area contributed by atoms with Gasteiger partial charge in [-0.3, -0.25) is 0 Å². The van der Waals surface area contributed by atoms with Crippen LogP contribution in [0.3, 0.4) is 0 Å². The van der Waals surface area contributed by atoms with E-state index in [2.05, 4.69) is 12.1 Å². The number of aryl methyl sites for hydroxylation is 1.